The first-order chi connectivity index (χ1) is 15.7. The lowest BCUT2D eigenvalue weighted by Gasteiger charge is -2.18. The molecule has 0 aliphatic heterocycles. The molecule has 0 bridgehead atoms. The van der Waals surface area contributed by atoms with Gasteiger partial charge in [0.2, 0.25) is 11.8 Å². The summed E-state index contributed by atoms with van der Waals surface area (Å²) in [6, 6.07) is 6.30. The number of aromatic nitrogens is 3. The highest BCUT2D eigenvalue weighted by atomic mass is 32.2. The molecule has 0 unspecified atom stereocenters. The van der Waals surface area contributed by atoms with Gasteiger partial charge in [0.15, 0.2) is 5.03 Å². The molecular weight excluding hydrogens is 447 g/mol. The van der Waals surface area contributed by atoms with Gasteiger partial charge in [-0.1, -0.05) is 13.8 Å². The number of pyridine rings is 1. The third-order valence-electron chi connectivity index (χ3n) is 5.53. The molecule has 0 atom stereocenters. The first kappa shape index (κ1) is 22.9. The summed E-state index contributed by atoms with van der Waals surface area (Å²) in [6.45, 7) is 3.77. The number of hydrogen-bond acceptors (Lipinski definition) is 6. The molecule has 2 aromatic heterocycles. The number of methoxy groups -OCH3 is 1. The smallest absolute Gasteiger partial charge is 0.283 e. The number of amides is 1. The number of carbonyl (C=O) groups excluding carboxylic acids is 1. The normalized spacial score (nSPS) is 13.8. The highest BCUT2D eigenvalue weighted by Crippen LogP contribution is 2.35. The molecule has 33 heavy (non-hydrogen) atoms. The Bertz CT molecular complexity index is 1300. The molecule has 10 heteroatoms. The van der Waals surface area contributed by atoms with Crippen molar-refractivity contribution in [2.45, 2.75) is 50.1 Å². The van der Waals surface area contributed by atoms with Crippen molar-refractivity contribution in [1.29, 1.82) is 0 Å². The summed E-state index contributed by atoms with van der Waals surface area (Å²) >= 11 is 0. The highest BCUT2D eigenvalue weighted by molar-refractivity contribution is 7.90. The molecule has 2 heterocycles. The summed E-state index contributed by atoms with van der Waals surface area (Å²) in [5.41, 5.74) is 2.24. The lowest BCUT2D eigenvalue weighted by Crippen LogP contribution is -2.32. The van der Waals surface area contributed by atoms with Gasteiger partial charge in [0.05, 0.1) is 19.9 Å². The minimum atomic E-state index is -4.13. The van der Waals surface area contributed by atoms with Crippen LogP contribution in [0.15, 0.2) is 48.0 Å². The minimum absolute atomic E-state index is 0.100. The molecule has 1 saturated carbocycles. The standard InChI is InChI=1S/C23H25FN4O4S/c1-14(2)18-9-16(24)10-19(15-6-7-25-22(8-15)32-3)20(18)11-21(29)27-33(30,31)23-12-28(13-26-23)17-4-5-17/h6-10,12-14,17H,4-5,11H2,1-3H3,(H,27,29). The van der Waals surface area contributed by atoms with E-state index in [1.165, 1.54) is 38.0 Å². The number of imidazole rings is 1. The van der Waals surface area contributed by atoms with Gasteiger partial charge < -0.3 is 9.30 Å². The lowest BCUT2D eigenvalue weighted by atomic mass is 9.88. The maximum Gasteiger partial charge on any atom is 0.283 e. The van der Waals surface area contributed by atoms with Gasteiger partial charge >= 0.3 is 0 Å². The molecular formula is C23H25FN4O4S. The van der Waals surface area contributed by atoms with Crippen LogP contribution in [0.2, 0.25) is 0 Å². The summed E-state index contributed by atoms with van der Waals surface area (Å²) in [6.07, 6.45) is 6.12. The zero-order valence-electron chi connectivity index (χ0n) is 18.6. The Labute approximate surface area is 191 Å². The zero-order valence-corrected chi connectivity index (χ0v) is 19.4. The van der Waals surface area contributed by atoms with Gasteiger partial charge in [-0.05, 0) is 59.2 Å². The van der Waals surface area contributed by atoms with E-state index in [1.807, 2.05) is 13.8 Å². The minimum Gasteiger partial charge on any atom is -0.481 e. The van der Waals surface area contributed by atoms with Crippen molar-refractivity contribution < 1.29 is 22.3 Å². The lowest BCUT2D eigenvalue weighted by molar-refractivity contribution is -0.118. The van der Waals surface area contributed by atoms with Gasteiger partial charge in [-0.3, -0.25) is 4.79 Å². The molecule has 0 radical (unpaired) electrons. The van der Waals surface area contributed by atoms with E-state index in [-0.39, 0.29) is 23.4 Å². The SMILES string of the molecule is COc1cc(-c2cc(F)cc(C(C)C)c2CC(=O)NS(=O)(=O)c2cn(C3CC3)cn2)ccn1. The van der Waals surface area contributed by atoms with Crippen LogP contribution in [0.4, 0.5) is 4.39 Å². The first-order valence-corrected chi connectivity index (χ1v) is 12.1. The number of carbonyl (C=O) groups is 1. The van der Waals surface area contributed by atoms with E-state index in [4.69, 9.17) is 4.74 Å². The molecule has 4 rings (SSSR count). The Morgan fingerprint density at radius 2 is 2.03 bits per heavy atom. The number of hydrogen-bond donors (Lipinski definition) is 1. The van der Waals surface area contributed by atoms with E-state index in [9.17, 15) is 17.6 Å². The third kappa shape index (κ3) is 5.05. The zero-order chi connectivity index (χ0) is 23.8. The predicted octanol–water partition coefficient (Wildman–Crippen LogP) is 3.60. The van der Waals surface area contributed by atoms with Crippen LogP contribution < -0.4 is 9.46 Å². The van der Waals surface area contributed by atoms with Crippen LogP contribution in [0.25, 0.3) is 11.1 Å². The summed E-state index contributed by atoms with van der Waals surface area (Å²) < 4.78 is 48.9. The second kappa shape index (κ2) is 8.93. The molecule has 0 spiro atoms. The number of ether oxygens (including phenoxy) is 1. The fraction of sp³-hybridized carbons (Fsp3) is 0.348. The Morgan fingerprint density at radius 1 is 1.27 bits per heavy atom. The Morgan fingerprint density at radius 3 is 2.70 bits per heavy atom. The molecule has 1 fully saturated rings. The van der Waals surface area contributed by atoms with E-state index >= 15 is 0 Å². The van der Waals surface area contributed by atoms with Crippen molar-refractivity contribution in [1.82, 2.24) is 19.3 Å². The summed E-state index contributed by atoms with van der Waals surface area (Å²) in [4.78, 5) is 20.9. The maximum atomic E-state index is 14.5. The second-order valence-electron chi connectivity index (χ2n) is 8.36. The van der Waals surface area contributed by atoms with Crippen LogP contribution in [-0.4, -0.2) is 36.0 Å². The molecule has 1 aromatic carbocycles. The van der Waals surface area contributed by atoms with Gasteiger partial charge in [-0.15, -0.1) is 0 Å². The van der Waals surface area contributed by atoms with Crippen LogP contribution >= 0.6 is 0 Å². The first-order valence-electron chi connectivity index (χ1n) is 10.6. The number of sulfonamides is 1. The number of benzene rings is 1. The second-order valence-corrected chi connectivity index (χ2v) is 9.99. The maximum absolute atomic E-state index is 14.5. The highest BCUT2D eigenvalue weighted by Gasteiger charge is 2.27. The van der Waals surface area contributed by atoms with Crippen LogP contribution in [0.5, 0.6) is 5.88 Å². The van der Waals surface area contributed by atoms with Crippen LogP contribution in [0, 0.1) is 5.82 Å². The Kier molecular flexibility index (Phi) is 6.20. The van der Waals surface area contributed by atoms with Crippen molar-refractivity contribution >= 4 is 15.9 Å². The monoisotopic (exact) mass is 472 g/mol. The summed E-state index contributed by atoms with van der Waals surface area (Å²) in [7, 11) is -2.66. The molecule has 1 amide bonds. The van der Waals surface area contributed by atoms with Crippen molar-refractivity contribution in [2.24, 2.45) is 0 Å². The number of rotatable bonds is 8. The third-order valence-corrected chi connectivity index (χ3v) is 6.79. The van der Waals surface area contributed by atoms with Crippen LogP contribution in [0.1, 0.15) is 49.8 Å². The Hall–Kier alpha value is -3.27. The quantitative estimate of drug-likeness (QED) is 0.537. The number of nitrogens with zero attached hydrogens (tertiary/aromatic N) is 3. The van der Waals surface area contributed by atoms with E-state index in [0.717, 1.165) is 12.8 Å². The van der Waals surface area contributed by atoms with E-state index in [2.05, 4.69) is 14.7 Å². The molecule has 0 saturated heterocycles. The number of halogens is 1. The van der Waals surface area contributed by atoms with Gasteiger partial charge in [-0.2, -0.15) is 8.42 Å². The van der Waals surface area contributed by atoms with Gasteiger partial charge in [0.25, 0.3) is 10.0 Å². The average Bonchev–Trinajstić information content (AvgIpc) is 3.49. The van der Waals surface area contributed by atoms with Gasteiger partial charge in [0.1, 0.15) is 5.82 Å². The van der Waals surface area contributed by atoms with Crippen LogP contribution in [0.3, 0.4) is 0 Å². The fourth-order valence-corrected chi connectivity index (χ4v) is 4.67. The topological polar surface area (TPSA) is 103 Å². The largest absolute Gasteiger partial charge is 0.481 e. The summed E-state index contributed by atoms with van der Waals surface area (Å²) in [5.74, 6) is -0.942. The van der Waals surface area contributed by atoms with Crippen molar-refractivity contribution in [3.8, 4) is 17.0 Å². The van der Waals surface area contributed by atoms with Crippen LogP contribution in [-0.2, 0) is 21.2 Å². The molecule has 174 valence electrons. The van der Waals surface area contributed by atoms with Gasteiger partial charge in [-0.25, -0.2) is 19.1 Å². The molecule has 1 aliphatic carbocycles. The van der Waals surface area contributed by atoms with Crippen molar-refractivity contribution in [2.75, 3.05) is 7.11 Å². The van der Waals surface area contributed by atoms with E-state index in [0.29, 0.717) is 28.1 Å². The molecule has 8 nitrogen and oxygen atoms in total. The molecule has 3 aromatic rings. The van der Waals surface area contributed by atoms with E-state index in [1.54, 1.807) is 16.7 Å². The number of nitrogens with one attached hydrogen (secondary N) is 1. The van der Waals surface area contributed by atoms with Gasteiger partial charge in [0, 0.05) is 24.5 Å². The summed E-state index contributed by atoms with van der Waals surface area (Å²) in [5, 5.41) is -0.204. The molecule has 1 N–H and O–H groups in total. The Balaban J connectivity index is 1.66. The van der Waals surface area contributed by atoms with Crippen molar-refractivity contribution in [3.63, 3.8) is 0 Å². The fourth-order valence-electron chi connectivity index (χ4n) is 3.74. The van der Waals surface area contributed by atoms with Crippen molar-refractivity contribution in [3.05, 3.63) is 59.9 Å². The average molecular weight is 473 g/mol. The molecule has 1 aliphatic rings. The predicted molar refractivity (Wildman–Crippen MR) is 120 cm³/mol. The van der Waals surface area contributed by atoms with E-state index < -0.39 is 21.7 Å².